The lowest BCUT2D eigenvalue weighted by atomic mass is 10.1. The van der Waals surface area contributed by atoms with Crippen molar-refractivity contribution in [2.75, 3.05) is 28.2 Å². The molecular weight excluding hydrogens is 406 g/mol. The first-order chi connectivity index (χ1) is 15.0. The van der Waals surface area contributed by atoms with Gasteiger partial charge >= 0.3 is 0 Å². The van der Waals surface area contributed by atoms with Gasteiger partial charge in [-0.2, -0.15) is 0 Å². The second-order valence-electron chi connectivity index (χ2n) is 7.36. The van der Waals surface area contributed by atoms with Crippen LogP contribution in [0.1, 0.15) is 24.3 Å². The summed E-state index contributed by atoms with van der Waals surface area (Å²) in [4.78, 5) is 31.1. The molecule has 0 fully saturated rings. The average molecular weight is 432 g/mol. The van der Waals surface area contributed by atoms with Crippen LogP contribution < -0.4 is 15.1 Å². The summed E-state index contributed by atoms with van der Waals surface area (Å²) in [6.45, 7) is 7.99. The quantitative estimate of drug-likeness (QED) is 0.516. The first-order valence-corrected chi connectivity index (χ1v) is 11.3. The van der Waals surface area contributed by atoms with Crippen molar-refractivity contribution in [1.29, 1.82) is 0 Å². The minimum absolute atomic E-state index is 0.307. The number of nitrogens with zero attached hydrogens (tertiary/aromatic N) is 2. The van der Waals surface area contributed by atoms with E-state index >= 15 is 0 Å². The van der Waals surface area contributed by atoms with Crippen LogP contribution in [0.3, 0.4) is 0 Å². The zero-order chi connectivity index (χ0) is 22.0. The van der Waals surface area contributed by atoms with Crippen LogP contribution in [0.25, 0.3) is 5.57 Å². The second-order valence-corrected chi connectivity index (χ2v) is 8.30. The van der Waals surface area contributed by atoms with Gasteiger partial charge in [0, 0.05) is 29.3 Å². The molecule has 3 aromatic rings. The molecular formula is C25H25N3O2S. The van der Waals surface area contributed by atoms with Crippen molar-refractivity contribution in [1.82, 2.24) is 0 Å². The van der Waals surface area contributed by atoms with Gasteiger partial charge in [-0.05, 0) is 74.2 Å². The van der Waals surface area contributed by atoms with Gasteiger partial charge in [-0.1, -0.05) is 18.2 Å². The molecule has 5 nitrogen and oxygen atoms in total. The van der Waals surface area contributed by atoms with Crippen LogP contribution in [0.4, 0.5) is 17.1 Å². The van der Waals surface area contributed by atoms with Gasteiger partial charge < -0.3 is 10.2 Å². The number of nitrogens with one attached hydrogen (secondary N) is 1. The van der Waals surface area contributed by atoms with Gasteiger partial charge in [0.05, 0.1) is 11.3 Å². The van der Waals surface area contributed by atoms with Gasteiger partial charge in [0.2, 0.25) is 0 Å². The molecule has 0 unspecified atom stereocenters. The molecule has 0 saturated heterocycles. The summed E-state index contributed by atoms with van der Waals surface area (Å²) in [5.74, 6) is -0.649. The molecule has 0 bridgehead atoms. The van der Waals surface area contributed by atoms with Gasteiger partial charge in [0.1, 0.15) is 5.70 Å². The van der Waals surface area contributed by atoms with Crippen molar-refractivity contribution >= 4 is 45.8 Å². The number of aryl methyl sites for hydroxylation is 1. The summed E-state index contributed by atoms with van der Waals surface area (Å²) in [5, 5.41) is 5.12. The maximum Gasteiger partial charge on any atom is 0.282 e. The Morgan fingerprint density at radius 3 is 2.29 bits per heavy atom. The van der Waals surface area contributed by atoms with Crippen molar-refractivity contribution in [2.45, 2.75) is 20.8 Å². The molecule has 158 valence electrons. The average Bonchev–Trinajstić information content (AvgIpc) is 3.37. The van der Waals surface area contributed by atoms with Gasteiger partial charge in [-0.15, -0.1) is 11.3 Å². The smallest absolute Gasteiger partial charge is 0.282 e. The minimum atomic E-state index is -0.342. The maximum absolute atomic E-state index is 13.4. The maximum atomic E-state index is 13.4. The molecule has 4 rings (SSSR count). The number of imide groups is 1. The third-order valence-electron chi connectivity index (χ3n) is 5.38. The van der Waals surface area contributed by atoms with E-state index < -0.39 is 0 Å². The summed E-state index contributed by atoms with van der Waals surface area (Å²) in [5.41, 5.74) is 4.21. The van der Waals surface area contributed by atoms with E-state index in [1.807, 2.05) is 73.0 Å². The monoisotopic (exact) mass is 431 g/mol. The Bertz CT molecular complexity index is 1130. The second kappa shape index (κ2) is 8.78. The Labute approximate surface area is 186 Å². The molecule has 1 N–H and O–H groups in total. The lowest BCUT2D eigenvalue weighted by Crippen LogP contribution is -2.32. The highest BCUT2D eigenvalue weighted by molar-refractivity contribution is 7.11. The van der Waals surface area contributed by atoms with E-state index in [0.717, 1.165) is 34.9 Å². The van der Waals surface area contributed by atoms with Gasteiger partial charge in [0.15, 0.2) is 0 Å². The Hall–Kier alpha value is -3.38. The first kappa shape index (κ1) is 20.9. The molecule has 31 heavy (non-hydrogen) atoms. The summed E-state index contributed by atoms with van der Waals surface area (Å²) in [6, 6.07) is 19.1. The van der Waals surface area contributed by atoms with E-state index in [2.05, 4.69) is 24.1 Å². The van der Waals surface area contributed by atoms with Gasteiger partial charge in [-0.3, -0.25) is 9.59 Å². The Balaban J connectivity index is 1.71. The summed E-state index contributed by atoms with van der Waals surface area (Å²) < 4.78 is 0. The van der Waals surface area contributed by atoms with Crippen LogP contribution in [0, 0.1) is 6.92 Å². The topological polar surface area (TPSA) is 52.6 Å². The molecule has 1 aromatic heterocycles. The number of anilines is 3. The molecule has 1 aliphatic rings. The fourth-order valence-corrected chi connectivity index (χ4v) is 4.57. The molecule has 2 amide bonds. The van der Waals surface area contributed by atoms with Crippen molar-refractivity contribution in [3.8, 4) is 0 Å². The third kappa shape index (κ3) is 3.99. The highest BCUT2D eigenvalue weighted by Gasteiger charge is 2.40. The van der Waals surface area contributed by atoms with E-state index in [4.69, 9.17) is 0 Å². The van der Waals surface area contributed by atoms with Crippen LogP contribution in [-0.2, 0) is 9.59 Å². The number of carbonyl (C=O) groups is 2. The molecule has 0 radical (unpaired) electrons. The number of rotatable bonds is 7. The predicted octanol–water partition coefficient (Wildman–Crippen LogP) is 5.30. The molecule has 0 atom stereocenters. The number of hydrogen-bond donors (Lipinski definition) is 1. The number of benzene rings is 2. The van der Waals surface area contributed by atoms with Crippen LogP contribution in [-0.4, -0.2) is 24.9 Å². The van der Waals surface area contributed by atoms with Gasteiger partial charge in [-0.25, -0.2) is 4.90 Å². The van der Waals surface area contributed by atoms with E-state index in [-0.39, 0.29) is 11.8 Å². The molecule has 0 aliphatic carbocycles. The SMILES string of the molecule is CCN(CC)c1ccc(N2C(=O)C(Nc3cccc(C)c3)=C(c3cccs3)C2=O)cc1. The third-order valence-corrected chi connectivity index (χ3v) is 6.26. The number of hydrogen-bond acceptors (Lipinski definition) is 5. The summed E-state index contributed by atoms with van der Waals surface area (Å²) in [6.07, 6.45) is 0. The molecule has 2 heterocycles. The highest BCUT2D eigenvalue weighted by Crippen LogP contribution is 2.36. The largest absolute Gasteiger partial charge is 0.372 e. The summed E-state index contributed by atoms with van der Waals surface area (Å²) >= 11 is 1.45. The van der Waals surface area contributed by atoms with Gasteiger partial charge in [0.25, 0.3) is 11.8 Å². The zero-order valence-electron chi connectivity index (χ0n) is 17.9. The zero-order valence-corrected chi connectivity index (χ0v) is 18.7. The van der Waals surface area contributed by atoms with E-state index in [1.54, 1.807) is 0 Å². The van der Waals surface area contributed by atoms with Crippen molar-refractivity contribution in [3.63, 3.8) is 0 Å². The van der Waals surface area contributed by atoms with Crippen LogP contribution in [0.15, 0.2) is 71.7 Å². The molecule has 2 aromatic carbocycles. The van der Waals surface area contributed by atoms with E-state index in [0.29, 0.717) is 17.0 Å². The lowest BCUT2D eigenvalue weighted by molar-refractivity contribution is -0.120. The van der Waals surface area contributed by atoms with Crippen molar-refractivity contribution < 1.29 is 9.59 Å². The Morgan fingerprint density at radius 2 is 1.68 bits per heavy atom. The van der Waals surface area contributed by atoms with E-state index in [9.17, 15) is 9.59 Å². The lowest BCUT2D eigenvalue weighted by Gasteiger charge is -2.22. The van der Waals surface area contributed by atoms with E-state index in [1.165, 1.54) is 16.2 Å². The van der Waals surface area contributed by atoms with Crippen molar-refractivity contribution in [2.24, 2.45) is 0 Å². The molecule has 6 heteroatoms. The first-order valence-electron chi connectivity index (χ1n) is 10.4. The number of carbonyl (C=O) groups excluding carboxylic acids is 2. The summed E-state index contributed by atoms with van der Waals surface area (Å²) in [7, 11) is 0. The number of amides is 2. The van der Waals surface area contributed by atoms with Crippen LogP contribution >= 0.6 is 11.3 Å². The van der Waals surface area contributed by atoms with Crippen molar-refractivity contribution in [3.05, 3.63) is 82.2 Å². The van der Waals surface area contributed by atoms with Crippen LogP contribution in [0.5, 0.6) is 0 Å². The molecule has 1 aliphatic heterocycles. The Morgan fingerprint density at radius 1 is 0.935 bits per heavy atom. The molecule has 0 saturated carbocycles. The standard InChI is InChI=1S/C25H25N3O2S/c1-4-27(5-2)19-11-13-20(14-12-19)28-24(29)22(21-10-7-15-31-21)23(25(28)30)26-18-9-6-8-17(3)16-18/h6-16,26H,4-5H2,1-3H3. The number of thiophene rings is 1. The minimum Gasteiger partial charge on any atom is -0.372 e. The fraction of sp³-hybridized carbons (Fsp3) is 0.200. The molecule has 0 spiro atoms. The normalized spacial score (nSPS) is 13.8. The predicted molar refractivity (Wildman–Crippen MR) is 129 cm³/mol. The van der Waals surface area contributed by atoms with Crippen LogP contribution in [0.2, 0.25) is 0 Å². The highest BCUT2D eigenvalue weighted by atomic mass is 32.1. The fourth-order valence-electron chi connectivity index (χ4n) is 3.80. The Kier molecular flexibility index (Phi) is 5.91.